The van der Waals surface area contributed by atoms with Gasteiger partial charge in [-0.3, -0.25) is 0 Å². The second-order valence-corrected chi connectivity index (χ2v) is 5.14. The van der Waals surface area contributed by atoms with Crippen molar-refractivity contribution in [2.45, 2.75) is 31.9 Å². The monoisotopic (exact) mass is 405 g/mol. The summed E-state index contributed by atoms with van der Waals surface area (Å²) < 4.78 is 10.9. The summed E-state index contributed by atoms with van der Waals surface area (Å²) in [5.41, 5.74) is 5.94. The summed E-state index contributed by atoms with van der Waals surface area (Å²) >= 11 is 0. The van der Waals surface area contributed by atoms with E-state index in [1.807, 2.05) is 43.1 Å². The van der Waals surface area contributed by atoms with E-state index in [0.29, 0.717) is 18.5 Å². The molecule has 5 nitrogen and oxygen atoms in total. The number of hydrogen-bond acceptors (Lipinski definition) is 3. The number of guanidine groups is 1. The van der Waals surface area contributed by atoms with Gasteiger partial charge in [0.25, 0.3) is 0 Å². The first kappa shape index (κ1) is 17.9. The zero-order valence-electron chi connectivity index (χ0n) is 12.8. The molecule has 1 saturated carbocycles. The Bertz CT molecular complexity index is 460. The van der Waals surface area contributed by atoms with Gasteiger partial charge in [-0.25, -0.2) is 4.99 Å². The molecule has 1 aliphatic rings. The highest BCUT2D eigenvalue weighted by molar-refractivity contribution is 14.0. The number of nitrogens with zero attached hydrogens (tertiary/aromatic N) is 2. The molecule has 0 saturated heterocycles. The first-order chi connectivity index (χ1) is 9.60. The molecular formula is C15H24IN3O2. The number of halogens is 1. The highest BCUT2D eigenvalue weighted by Gasteiger charge is 2.27. The van der Waals surface area contributed by atoms with Crippen LogP contribution in [0.5, 0.6) is 11.5 Å². The van der Waals surface area contributed by atoms with Crippen molar-refractivity contribution in [3.05, 3.63) is 24.3 Å². The molecule has 2 N–H and O–H groups in total. The number of benzene rings is 1. The molecule has 1 atom stereocenters. The predicted molar refractivity (Wildman–Crippen MR) is 95.8 cm³/mol. The van der Waals surface area contributed by atoms with E-state index in [2.05, 4.69) is 4.99 Å². The zero-order valence-corrected chi connectivity index (χ0v) is 15.1. The molecule has 1 aromatic rings. The minimum absolute atomic E-state index is 0. The smallest absolute Gasteiger partial charge is 0.191 e. The van der Waals surface area contributed by atoms with Crippen molar-refractivity contribution in [2.75, 3.05) is 20.7 Å². The highest BCUT2D eigenvalue weighted by Crippen LogP contribution is 2.24. The summed E-state index contributed by atoms with van der Waals surface area (Å²) in [6, 6.07) is 8.11. The molecule has 0 aliphatic heterocycles. The van der Waals surface area contributed by atoms with Gasteiger partial charge in [-0.05, 0) is 44.0 Å². The number of hydrogen-bond donors (Lipinski definition) is 1. The van der Waals surface area contributed by atoms with Crippen LogP contribution in [-0.4, -0.2) is 43.7 Å². The van der Waals surface area contributed by atoms with Crippen LogP contribution in [0.25, 0.3) is 0 Å². The Morgan fingerprint density at radius 2 is 1.90 bits per heavy atom. The lowest BCUT2D eigenvalue weighted by atomic mass is 10.3. The minimum atomic E-state index is -0.0189. The van der Waals surface area contributed by atoms with Gasteiger partial charge in [-0.15, -0.1) is 24.0 Å². The standard InChI is InChI=1S/C15H23N3O2.HI/c1-11(10-17-15(16)18(2)12-4-5-12)20-14-8-6-13(19-3)7-9-14;/h6-9,11-12H,4-5,10H2,1-3H3,(H2,16,17);1H. The van der Waals surface area contributed by atoms with E-state index in [0.717, 1.165) is 11.5 Å². The third kappa shape index (κ3) is 5.61. The maximum atomic E-state index is 5.94. The molecular weight excluding hydrogens is 381 g/mol. The van der Waals surface area contributed by atoms with Crippen LogP contribution in [0.2, 0.25) is 0 Å². The van der Waals surface area contributed by atoms with E-state index in [9.17, 15) is 0 Å². The van der Waals surface area contributed by atoms with Gasteiger partial charge in [0.05, 0.1) is 13.7 Å². The summed E-state index contributed by atoms with van der Waals surface area (Å²) in [5.74, 6) is 2.22. The van der Waals surface area contributed by atoms with Crippen molar-refractivity contribution < 1.29 is 9.47 Å². The molecule has 0 radical (unpaired) electrons. The molecule has 1 unspecified atom stereocenters. The second kappa shape index (κ2) is 8.31. The lowest BCUT2D eigenvalue weighted by Gasteiger charge is -2.18. The van der Waals surface area contributed by atoms with Crippen molar-refractivity contribution >= 4 is 29.9 Å². The summed E-state index contributed by atoms with van der Waals surface area (Å²) in [6.45, 7) is 2.53. The van der Waals surface area contributed by atoms with Crippen LogP contribution < -0.4 is 15.2 Å². The predicted octanol–water partition coefficient (Wildman–Crippen LogP) is 2.49. The Morgan fingerprint density at radius 3 is 2.43 bits per heavy atom. The van der Waals surface area contributed by atoms with Gasteiger partial charge >= 0.3 is 0 Å². The van der Waals surface area contributed by atoms with Crippen molar-refractivity contribution in [3.63, 3.8) is 0 Å². The average Bonchev–Trinajstić information content (AvgIpc) is 3.29. The Balaban J connectivity index is 0.00000220. The summed E-state index contributed by atoms with van der Waals surface area (Å²) in [6.07, 6.45) is 2.41. The number of aliphatic imine (C=N–C) groups is 1. The van der Waals surface area contributed by atoms with Crippen molar-refractivity contribution in [3.8, 4) is 11.5 Å². The fraction of sp³-hybridized carbons (Fsp3) is 0.533. The Morgan fingerprint density at radius 1 is 1.33 bits per heavy atom. The van der Waals surface area contributed by atoms with E-state index >= 15 is 0 Å². The molecule has 118 valence electrons. The number of ether oxygens (including phenoxy) is 2. The molecule has 0 aromatic heterocycles. The third-order valence-electron chi connectivity index (χ3n) is 3.36. The average molecular weight is 405 g/mol. The minimum Gasteiger partial charge on any atom is -0.497 e. The van der Waals surface area contributed by atoms with Crippen LogP contribution in [0.3, 0.4) is 0 Å². The molecule has 6 heteroatoms. The molecule has 2 rings (SSSR count). The van der Waals surface area contributed by atoms with Gasteiger partial charge in [0.1, 0.15) is 17.6 Å². The van der Waals surface area contributed by atoms with Crippen molar-refractivity contribution in [1.82, 2.24) is 4.90 Å². The van der Waals surface area contributed by atoms with Crippen molar-refractivity contribution in [2.24, 2.45) is 10.7 Å². The van der Waals surface area contributed by atoms with Crippen LogP contribution in [0.1, 0.15) is 19.8 Å². The lowest BCUT2D eigenvalue weighted by Crippen LogP contribution is -2.36. The fourth-order valence-corrected chi connectivity index (χ4v) is 1.91. The van der Waals surface area contributed by atoms with Crippen molar-refractivity contribution in [1.29, 1.82) is 0 Å². The molecule has 0 amide bonds. The van der Waals surface area contributed by atoms with Gasteiger partial charge in [0.15, 0.2) is 5.96 Å². The fourth-order valence-electron chi connectivity index (χ4n) is 1.91. The van der Waals surface area contributed by atoms with Crippen LogP contribution >= 0.6 is 24.0 Å². The second-order valence-electron chi connectivity index (χ2n) is 5.14. The Hall–Kier alpha value is -1.18. The molecule has 1 fully saturated rings. The van der Waals surface area contributed by atoms with Gasteiger partial charge in [-0.1, -0.05) is 0 Å². The van der Waals surface area contributed by atoms with E-state index in [1.165, 1.54) is 12.8 Å². The zero-order chi connectivity index (χ0) is 14.5. The maximum absolute atomic E-state index is 5.94. The molecule has 0 heterocycles. The number of nitrogens with two attached hydrogens (primary N) is 1. The third-order valence-corrected chi connectivity index (χ3v) is 3.36. The number of rotatable bonds is 6. The van der Waals surface area contributed by atoms with Gasteiger partial charge in [0.2, 0.25) is 0 Å². The SMILES string of the molecule is COc1ccc(OC(C)CN=C(N)N(C)C2CC2)cc1.I. The number of methoxy groups -OCH3 is 1. The van der Waals surface area contributed by atoms with Crippen LogP contribution in [-0.2, 0) is 0 Å². The summed E-state index contributed by atoms with van der Waals surface area (Å²) in [5, 5.41) is 0. The van der Waals surface area contributed by atoms with Crippen LogP contribution in [0.15, 0.2) is 29.3 Å². The van der Waals surface area contributed by atoms with Crippen LogP contribution in [0, 0.1) is 0 Å². The first-order valence-corrected chi connectivity index (χ1v) is 6.93. The van der Waals surface area contributed by atoms with E-state index in [1.54, 1.807) is 7.11 Å². The summed E-state index contributed by atoms with van der Waals surface area (Å²) in [7, 11) is 3.64. The maximum Gasteiger partial charge on any atom is 0.191 e. The van der Waals surface area contributed by atoms with Gasteiger partial charge in [0, 0.05) is 13.1 Å². The van der Waals surface area contributed by atoms with E-state index < -0.39 is 0 Å². The van der Waals surface area contributed by atoms with E-state index in [-0.39, 0.29) is 30.1 Å². The van der Waals surface area contributed by atoms with Gasteiger partial charge < -0.3 is 20.1 Å². The highest BCUT2D eigenvalue weighted by atomic mass is 127. The topological polar surface area (TPSA) is 60.1 Å². The largest absolute Gasteiger partial charge is 0.497 e. The van der Waals surface area contributed by atoms with Crippen LogP contribution in [0.4, 0.5) is 0 Å². The molecule has 0 bridgehead atoms. The molecule has 1 aromatic carbocycles. The van der Waals surface area contributed by atoms with Gasteiger partial charge in [-0.2, -0.15) is 0 Å². The molecule has 0 spiro atoms. The normalized spacial score (nSPS) is 15.9. The molecule has 1 aliphatic carbocycles. The Kier molecular flexibility index (Phi) is 7.07. The van der Waals surface area contributed by atoms with E-state index in [4.69, 9.17) is 15.2 Å². The first-order valence-electron chi connectivity index (χ1n) is 6.93. The summed E-state index contributed by atoms with van der Waals surface area (Å²) in [4.78, 5) is 6.43. The Labute approximate surface area is 143 Å². The lowest BCUT2D eigenvalue weighted by molar-refractivity contribution is 0.229. The quantitative estimate of drug-likeness (QED) is 0.449. The molecule has 21 heavy (non-hydrogen) atoms.